The van der Waals surface area contributed by atoms with Crippen molar-refractivity contribution in [3.8, 4) is 0 Å². The van der Waals surface area contributed by atoms with Crippen molar-refractivity contribution in [1.82, 2.24) is 15.5 Å². The second-order valence-electron chi connectivity index (χ2n) is 6.76. The Balaban J connectivity index is 1.33. The highest BCUT2D eigenvalue weighted by Gasteiger charge is 2.27. The molecule has 0 atom stereocenters. The molecule has 0 amide bonds. The Morgan fingerprint density at radius 1 is 0.950 bits per heavy atom. The van der Waals surface area contributed by atoms with Gasteiger partial charge in [-0.3, -0.25) is 4.90 Å². The van der Waals surface area contributed by atoms with E-state index in [0.717, 1.165) is 44.3 Å². The minimum absolute atomic E-state index is 0.780. The molecule has 3 rings (SSSR count). The molecule has 2 N–H and O–H groups in total. The molecule has 2 aliphatic heterocycles. The third-order valence-corrected chi connectivity index (χ3v) is 5.41. The standard InChI is InChI=1S/C16H31N3O/c1-3-16(19-9-11-20-12-10-19)4-2-15(1)18-13-14-5-7-17-8-6-14/h14-18H,1-13H2. The van der Waals surface area contributed by atoms with Crippen LogP contribution in [0.5, 0.6) is 0 Å². The molecule has 116 valence electrons. The SMILES string of the molecule is C1CC(CNC2CCC(N3CCOCC3)CC2)CCN1. The van der Waals surface area contributed by atoms with Gasteiger partial charge in [-0.15, -0.1) is 0 Å². The van der Waals surface area contributed by atoms with Crippen LogP contribution in [0.2, 0.25) is 0 Å². The topological polar surface area (TPSA) is 36.5 Å². The number of hydrogen-bond acceptors (Lipinski definition) is 4. The van der Waals surface area contributed by atoms with E-state index in [-0.39, 0.29) is 0 Å². The van der Waals surface area contributed by atoms with E-state index < -0.39 is 0 Å². The van der Waals surface area contributed by atoms with Crippen molar-refractivity contribution >= 4 is 0 Å². The van der Waals surface area contributed by atoms with Crippen LogP contribution in [0.25, 0.3) is 0 Å². The van der Waals surface area contributed by atoms with Gasteiger partial charge >= 0.3 is 0 Å². The van der Waals surface area contributed by atoms with Crippen molar-refractivity contribution in [3.63, 3.8) is 0 Å². The van der Waals surface area contributed by atoms with E-state index in [1.807, 2.05) is 0 Å². The van der Waals surface area contributed by atoms with Crippen LogP contribution in [0.1, 0.15) is 38.5 Å². The fraction of sp³-hybridized carbons (Fsp3) is 1.00. The summed E-state index contributed by atoms with van der Waals surface area (Å²) in [5.41, 5.74) is 0. The molecular formula is C16H31N3O. The fourth-order valence-corrected chi connectivity index (χ4v) is 4.01. The Hall–Kier alpha value is -0.160. The van der Waals surface area contributed by atoms with Gasteiger partial charge in [-0.05, 0) is 64.1 Å². The molecule has 2 saturated heterocycles. The zero-order valence-electron chi connectivity index (χ0n) is 12.8. The molecule has 20 heavy (non-hydrogen) atoms. The lowest BCUT2D eigenvalue weighted by Gasteiger charge is -2.39. The van der Waals surface area contributed by atoms with Gasteiger partial charge < -0.3 is 15.4 Å². The number of hydrogen-bond donors (Lipinski definition) is 2. The lowest BCUT2D eigenvalue weighted by atomic mass is 9.89. The van der Waals surface area contributed by atoms with Gasteiger partial charge in [-0.2, -0.15) is 0 Å². The average Bonchev–Trinajstić information content (AvgIpc) is 2.55. The van der Waals surface area contributed by atoms with Gasteiger partial charge in [0.25, 0.3) is 0 Å². The van der Waals surface area contributed by atoms with Crippen LogP contribution in [0, 0.1) is 5.92 Å². The molecule has 0 aromatic heterocycles. The summed E-state index contributed by atoms with van der Waals surface area (Å²) in [4.78, 5) is 2.66. The van der Waals surface area contributed by atoms with E-state index in [1.165, 1.54) is 58.2 Å². The van der Waals surface area contributed by atoms with Gasteiger partial charge in [0.15, 0.2) is 0 Å². The van der Waals surface area contributed by atoms with Crippen LogP contribution in [0.15, 0.2) is 0 Å². The second kappa shape index (κ2) is 7.74. The number of piperidine rings is 1. The molecule has 4 heteroatoms. The smallest absolute Gasteiger partial charge is 0.0594 e. The predicted octanol–water partition coefficient (Wildman–Crippen LogP) is 1.22. The number of ether oxygens (including phenoxy) is 1. The summed E-state index contributed by atoms with van der Waals surface area (Å²) < 4.78 is 5.46. The molecular weight excluding hydrogens is 250 g/mol. The lowest BCUT2D eigenvalue weighted by molar-refractivity contribution is 0.00645. The summed E-state index contributed by atoms with van der Waals surface area (Å²) in [6, 6.07) is 1.61. The average molecular weight is 281 g/mol. The zero-order chi connectivity index (χ0) is 13.6. The van der Waals surface area contributed by atoms with Crippen LogP contribution in [0.3, 0.4) is 0 Å². The van der Waals surface area contributed by atoms with E-state index in [4.69, 9.17) is 4.74 Å². The first-order chi connectivity index (χ1) is 9.92. The predicted molar refractivity (Wildman–Crippen MR) is 82.0 cm³/mol. The highest BCUT2D eigenvalue weighted by Crippen LogP contribution is 2.24. The van der Waals surface area contributed by atoms with E-state index in [1.54, 1.807) is 0 Å². The Morgan fingerprint density at radius 2 is 1.65 bits per heavy atom. The van der Waals surface area contributed by atoms with Crippen LogP contribution < -0.4 is 10.6 Å². The second-order valence-corrected chi connectivity index (χ2v) is 6.76. The number of rotatable bonds is 4. The van der Waals surface area contributed by atoms with E-state index >= 15 is 0 Å². The molecule has 0 radical (unpaired) electrons. The molecule has 2 heterocycles. The molecule has 3 aliphatic rings. The van der Waals surface area contributed by atoms with Crippen LogP contribution in [-0.2, 0) is 4.74 Å². The Labute approximate surface area is 123 Å². The molecule has 0 bridgehead atoms. The zero-order valence-corrected chi connectivity index (χ0v) is 12.8. The number of nitrogens with one attached hydrogen (secondary N) is 2. The van der Waals surface area contributed by atoms with Crippen molar-refractivity contribution in [2.45, 2.75) is 50.6 Å². The van der Waals surface area contributed by atoms with Gasteiger partial charge in [0.1, 0.15) is 0 Å². The van der Waals surface area contributed by atoms with Crippen molar-refractivity contribution < 1.29 is 4.74 Å². The molecule has 0 unspecified atom stereocenters. The molecule has 0 spiro atoms. The van der Waals surface area contributed by atoms with Gasteiger partial charge in [0.05, 0.1) is 13.2 Å². The maximum absolute atomic E-state index is 5.46. The summed E-state index contributed by atoms with van der Waals surface area (Å²) in [6.07, 6.45) is 8.21. The molecule has 0 aromatic carbocycles. The maximum Gasteiger partial charge on any atom is 0.0594 e. The minimum atomic E-state index is 0.780. The molecule has 4 nitrogen and oxygen atoms in total. The van der Waals surface area contributed by atoms with Gasteiger partial charge in [-0.25, -0.2) is 0 Å². The van der Waals surface area contributed by atoms with Crippen molar-refractivity contribution in [1.29, 1.82) is 0 Å². The summed E-state index contributed by atoms with van der Waals surface area (Å²) in [5.74, 6) is 0.910. The molecule has 1 aliphatic carbocycles. The highest BCUT2D eigenvalue weighted by atomic mass is 16.5. The monoisotopic (exact) mass is 281 g/mol. The number of nitrogens with zero attached hydrogens (tertiary/aromatic N) is 1. The van der Waals surface area contributed by atoms with Crippen molar-refractivity contribution in [2.75, 3.05) is 45.9 Å². The normalized spacial score (nSPS) is 34.2. The quantitative estimate of drug-likeness (QED) is 0.812. The fourth-order valence-electron chi connectivity index (χ4n) is 4.01. The van der Waals surface area contributed by atoms with Crippen LogP contribution in [-0.4, -0.2) is 62.9 Å². The summed E-state index contributed by atoms with van der Waals surface area (Å²) in [6.45, 7) is 7.86. The Kier molecular flexibility index (Phi) is 5.71. The summed E-state index contributed by atoms with van der Waals surface area (Å²) in [5, 5.41) is 7.30. The Morgan fingerprint density at radius 3 is 2.35 bits per heavy atom. The third-order valence-electron chi connectivity index (χ3n) is 5.41. The molecule has 3 fully saturated rings. The van der Waals surface area contributed by atoms with Gasteiger partial charge in [0, 0.05) is 25.2 Å². The van der Waals surface area contributed by atoms with E-state index in [2.05, 4.69) is 15.5 Å². The van der Waals surface area contributed by atoms with Gasteiger partial charge in [-0.1, -0.05) is 0 Å². The van der Waals surface area contributed by atoms with Crippen LogP contribution >= 0.6 is 0 Å². The van der Waals surface area contributed by atoms with Crippen LogP contribution in [0.4, 0.5) is 0 Å². The van der Waals surface area contributed by atoms with Gasteiger partial charge in [0.2, 0.25) is 0 Å². The number of morpholine rings is 1. The minimum Gasteiger partial charge on any atom is -0.379 e. The van der Waals surface area contributed by atoms with Crippen molar-refractivity contribution in [2.24, 2.45) is 5.92 Å². The Bertz CT molecular complexity index is 267. The molecule has 1 saturated carbocycles. The first kappa shape index (κ1) is 14.8. The lowest BCUT2D eigenvalue weighted by Crippen LogP contribution is -2.47. The van der Waals surface area contributed by atoms with Crippen molar-refractivity contribution in [3.05, 3.63) is 0 Å². The van der Waals surface area contributed by atoms with E-state index in [9.17, 15) is 0 Å². The third kappa shape index (κ3) is 4.17. The maximum atomic E-state index is 5.46. The highest BCUT2D eigenvalue weighted by molar-refractivity contribution is 4.84. The van der Waals surface area contributed by atoms with E-state index in [0.29, 0.717) is 0 Å². The summed E-state index contributed by atoms with van der Waals surface area (Å²) in [7, 11) is 0. The molecule has 0 aromatic rings. The summed E-state index contributed by atoms with van der Waals surface area (Å²) >= 11 is 0. The first-order valence-electron chi connectivity index (χ1n) is 8.68. The first-order valence-corrected chi connectivity index (χ1v) is 8.68. The largest absolute Gasteiger partial charge is 0.379 e.